The maximum Gasteiger partial charge on any atom is 0.238 e. The molecule has 1 N–H and O–H groups in total. The molecule has 4 heteroatoms. The van der Waals surface area contributed by atoms with Crippen LogP contribution in [0.15, 0.2) is 36.7 Å². The predicted octanol–water partition coefficient (Wildman–Crippen LogP) is 2.83. The number of aryl methyl sites for hydroxylation is 1. The van der Waals surface area contributed by atoms with Crippen LogP contribution in [0.25, 0.3) is 0 Å². The minimum absolute atomic E-state index is 0.542. The maximum atomic E-state index is 5.72. The molecule has 1 saturated carbocycles. The van der Waals surface area contributed by atoms with Crippen molar-refractivity contribution < 1.29 is 4.74 Å². The normalized spacial score (nSPS) is 14.4. The van der Waals surface area contributed by atoms with Crippen LogP contribution >= 0.6 is 0 Å². The highest BCUT2D eigenvalue weighted by molar-refractivity contribution is 5.30. The minimum Gasteiger partial charge on any atom is -0.437 e. The first-order valence-corrected chi connectivity index (χ1v) is 6.58. The Labute approximate surface area is 112 Å². The van der Waals surface area contributed by atoms with E-state index in [1.54, 1.807) is 12.4 Å². The van der Waals surface area contributed by atoms with Gasteiger partial charge in [0.2, 0.25) is 5.88 Å². The zero-order valence-corrected chi connectivity index (χ0v) is 11.0. The maximum absolute atomic E-state index is 5.72. The van der Waals surface area contributed by atoms with Gasteiger partial charge in [-0.25, -0.2) is 4.98 Å². The average molecular weight is 255 g/mol. The summed E-state index contributed by atoms with van der Waals surface area (Å²) in [5, 5.41) is 3.42. The highest BCUT2D eigenvalue weighted by Crippen LogP contribution is 2.21. The molecule has 98 valence electrons. The molecule has 1 aromatic heterocycles. The van der Waals surface area contributed by atoms with E-state index in [2.05, 4.69) is 15.3 Å². The summed E-state index contributed by atoms with van der Waals surface area (Å²) in [6, 6.07) is 8.58. The van der Waals surface area contributed by atoms with Crippen molar-refractivity contribution in [3.05, 3.63) is 47.9 Å². The zero-order valence-electron chi connectivity index (χ0n) is 11.0. The summed E-state index contributed by atoms with van der Waals surface area (Å²) >= 11 is 0. The lowest BCUT2D eigenvalue weighted by atomic mass is 10.2. The van der Waals surface area contributed by atoms with Crippen LogP contribution in [-0.2, 0) is 6.54 Å². The molecule has 0 radical (unpaired) electrons. The number of aromatic nitrogens is 2. The first-order chi connectivity index (χ1) is 9.29. The standard InChI is InChI=1S/C15H17N3O/c1-11-3-2-4-14(7-11)19-15-10-16-8-13(18-15)9-17-12-5-6-12/h2-4,7-8,10,12,17H,5-6,9H2,1H3. The molecule has 19 heavy (non-hydrogen) atoms. The van der Waals surface area contributed by atoms with E-state index >= 15 is 0 Å². The van der Waals surface area contributed by atoms with E-state index in [9.17, 15) is 0 Å². The molecule has 4 nitrogen and oxygen atoms in total. The summed E-state index contributed by atoms with van der Waals surface area (Å²) in [5.41, 5.74) is 2.08. The van der Waals surface area contributed by atoms with Gasteiger partial charge in [0.15, 0.2) is 0 Å². The fourth-order valence-corrected chi connectivity index (χ4v) is 1.86. The van der Waals surface area contributed by atoms with Gasteiger partial charge in [-0.15, -0.1) is 0 Å². The Kier molecular flexibility index (Phi) is 3.42. The molecule has 0 saturated heterocycles. The zero-order chi connectivity index (χ0) is 13.1. The summed E-state index contributed by atoms with van der Waals surface area (Å²) in [6.07, 6.45) is 5.96. The van der Waals surface area contributed by atoms with E-state index in [0.29, 0.717) is 11.9 Å². The SMILES string of the molecule is Cc1cccc(Oc2cncc(CNC3CC3)n2)c1. The Hall–Kier alpha value is -1.94. The van der Waals surface area contributed by atoms with Crippen molar-refractivity contribution in [2.45, 2.75) is 32.4 Å². The molecule has 1 aliphatic carbocycles. The highest BCUT2D eigenvalue weighted by atomic mass is 16.5. The number of rotatable bonds is 5. The number of nitrogens with zero attached hydrogens (tertiary/aromatic N) is 2. The van der Waals surface area contributed by atoms with Crippen LogP contribution in [0.3, 0.4) is 0 Å². The topological polar surface area (TPSA) is 47.0 Å². The van der Waals surface area contributed by atoms with Gasteiger partial charge in [-0.05, 0) is 37.5 Å². The Bertz CT molecular complexity index is 567. The lowest BCUT2D eigenvalue weighted by Gasteiger charge is -2.07. The lowest BCUT2D eigenvalue weighted by molar-refractivity contribution is 0.456. The van der Waals surface area contributed by atoms with Gasteiger partial charge in [-0.2, -0.15) is 0 Å². The molecule has 0 aliphatic heterocycles. The molecular weight excluding hydrogens is 238 g/mol. The van der Waals surface area contributed by atoms with Crippen LogP contribution in [0.2, 0.25) is 0 Å². The monoisotopic (exact) mass is 255 g/mol. The molecule has 1 aliphatic rings. The van der Waals surface area contributed by atoms with Gasteiger partial charge in [0.1, 0.15) is 5.75 Å². The third-order valence-electron chi connectivity index (χ3n) is 3.02. The second-order valence-corrected chi connectivity index (χ2v) is 4.92. The van der Waals surface area contributed by atoms with Crippen molar-refractivity contribution in [3.8, 4) is 11.6 Å². The second kappa shape index (κ2) is 5.36. The molecular formula is C15H17N3O. The summed E-state index contributed by atoms with van der Waals surface area (Å²) in [7, 11) is 0. The molecule has 1 heterocycles. The summed E-state index contributed by atoms with van der Waals surface area (Å²) in [4.78, 5) is 8.62. The molecule has 3 rings (SSSR count). The van der Waals surface area contributed by atoms with Crippen LogP contribution in [0.4, 0.5) is 0 Å². The molecule has 0 spiro atoms. The number of hydrogen-bond donors (Lipinski definition) is 1. The van der Waals surface area contributed by atoms with E-state index in [1.165, 1.54) is 12.8 Å². The van der Waals surface area contributed by atoms with Crippen molar-refractivity contribution in [2.75, 3.05) is 0 Å². The van der Waals surface area contributed by atoms with E-state index in [4.69, 9.17) is 4.74 Å². The van der Waals surface area contributed by atoms with Crippen LogP contribution in [-0.4, -0.2) is 16.0 Å². The third kappa shape index (κ3) is 3.51. The summed E-state index contributed by atoms with van der Waals surface area (Å²) < 4.78 is 5.72. The van der Waals surface area contributed by atoms with Gasteiger partial charge in [0.25, 0.3) is 0 Å². The second-order valence-electron chi connectivity index (χ2n) is 4.92. The van der Waals surface area contributed by atoms with Gasteiger partial charge in [0.05, 0.1) is 11.9 Å². The highest BCUT2D eigenvalue weighted by Gasteiger charge is 2.20. The lowest BCUT2D eigenvalue weighted by Crippen LogP contribution is -2.16. The van der Waals surface area contributed by atoms with Crippen molar-refractivity contribution in [2.24, 2.45) is 0 Å². The fraction of sp³-hybridized carbons (Fsp3) is 0.333. The molecule has 0 atom stereocenters. The Morgan fingerprint density at radius 3 is 3.00 bits per heavy atom. The smallest absolute Gasteiger partial charge is 0.238 e. The van der Waals surface area contributed by atoms with Crippen molar-refractivity contribution in [1.82, 2.24) is 15.3 Å². The number of ether oxygens (including phenoxy) is 1. The van der Waals surface area contributed by atoms with E-state index < -0.39 is 0 Å². The van der Waals surface area contributed by atoms with Gasteiger partial charge in [-0.1, -0.05) is 12.1 Å². The summed E-state index contributed by atoms with van der Waals surface area (Å²) in [5.74, 6) is 1.34. The van der Waals surface area contributed by atoms with Crippen molar-refractivity contribution in [3.63, 3.8) is 0 Å². The van der Waals surface area contributed by atoms with Gasteiger partial charge in [0, 0.05) is 18.8 Å². The summed E-state index contributed by atoms with van der Waals surface area (Å²) in [6.45, 7) is 2.79. The van der Waals surface area contributed by atoms with E-state index in [0.717, 1.165) is 23.6 Å². The molecule has 1 fully saturated rings. The fourth-order valence-electron chi connectivity index (χ4n) is 1.86. The van der Waals surface area contributed by atoms with Crippen molar-refractivity contribution >= 4 is 0 Å². The third-order valence-corrected chi connectivity index (χ3v) is 3.02. The Morgan fingerprint density at radius 2 is 2.21 bits per heavy atom. The van der Waals surface area contributed by atoms with E-state index in [1.807, 2.05) is 31.2 Å². The van der Waals surface area contributed by atoms with Crippen LogP contribution in [0.5, 0.6) is 11.6 Å². The average Bonchev–Trinajstić information content (AvgIpc) is 3.21. The Balaban J connectivity index is 1.67. The largest absolute Gasteiger partial charge is 0.437 e. The molecule has 0 unspecified atom stereocenters. The van der Waals surface area contributed by atoms with Crippen LogP contribution in [0.1, 0.15) is 24.1 Å². The molecule has 0 amide bonds. The molecule has 2 aromatic rings. The van der Waals surface area contributed by atoms with Gasteiger partial charge < -0.3 is 10.1 Å². The Morgan fingerprint density at radius 1 is 1.32 bits per heavy atom. The first-order valence-electron chi connectivity index (χ1n) is 6.58. The number of hydrogen-bond acceptors (Lipinski definition) is 4. The van der Waals surface area contributed by atoms with Crippen LogP contribution in [0, 0.1) is 6.92 Å². The van der Waals surface area contributed by atoms with Crippen molar-refractivity contribution in [1.29, 1.82) is 0 Å². The quantitative estimate of drug-likeness (QED) is 0.892. The van der Waals surface area contributed by atoms with Gasteiger partial charge in [-0.3, -0.25) is 4.98 Å². The predicted molar refractivity (Wildman–Crippen MR) is 73.1 cm³/mol. The first kappa shape index (κ1) is 12.1. The van der Waals surface area contributed by atoms with Gasteiger partial charge >= 0.3 is 0 Å². The minimum atomic E-state index is 0.542. The van der Waals surface area contributed by atoms with Crippen LogP contribution < -0.4 is 10.1 Å². The number of benzene rings is 1. The van der Waals surface area contributed by atoms with E-state index in [-0.39, 0.29) is 0 Å². The molecule has 1 aromatic carbocycles. The molecule has 0 bridgehead atoms. The number of nitrogens with one attached hydrogen (secondary N) is 1.